The van der Waals surface area contributed by atoms with Crippen molar-refractivity contribution in [2.75, 3.05) is 26.4 Å². The first kappa shape index (κ1) is 94.0. The van der Waals surface area contributed by atoms with E-state index >= 15 is 19.2 Å². The Morgan fingerprint density at radius 3 is 1.60 bits per heavy atom. The average Bonchev–Trinajstić information content (AvgIpc) is 1.22. The smallest absolute Gasteiger partial charge is 0.407 e. The van der Waals surface area contributed by atoms with Gasteiger partial charge in [0.1, 0.15) is 93.1 Å². The molecular formula is C81H110N10O27. The van der Waals surface area contributed by atoms with Crippen molar-refractivity contribution in [3.63, 3.8) is 0 Å². The van der Waals surface area contributed by atoms with Crippen molar-refractivity contribution in [3.05, 3.63) is 95.6 Å². The summed E-state index contributed by atoms with van der Waals surface area (Å²) in [6.45, 7) is 18.3. The molecule has 0 aromatic heterocycles. The summed E-state index contributed by atoms with van der Waals surface area (Å²) in [6, 6.07) is 10.5. The number of hydrogen-bond donors (Lipinski definition) is 9. The molecule has 7 rings (SSSR count). The maximum Gasteiger partial charge on any atom is 0.407 e. The fourth-order valence-corrected chi connectivity index (χ4v) is 14.3. The van der Waals surface area contributed by atoms with Crippen LogP contribution >= 0.6 is 0 Å². The van der Waals surface area contributed by atoms with Crippen LogP contribution in [0.3, 0.4) is 0 Å². The van der Waals surface area contributed by atoms with Gasteiger partial charge in [-0.3, -0.25) is 71.9 Å². The number of carbonyl (C=O) groups excluding carboxylic acids is 16. The van der Waals surface area contributed by atoms with Gasteiger partial charge in [-0.05, 0) is 86.6 Å². The lowest BCUT2D eigenvalue weighted by molar-refractivity contribution is -0.318. The lowest BCUT2D eigenvalue weighted by Gasteiger charge is -2.49. The van der Waals surface area contributed by atoms with Gasteiger partial charge >= 0.3 is 41.9 Å². The molecule has 3 saturated heterocycles. The first-order valence-corrected chi connectivity index (χ1v) is 39.0. The summed E-state index contributed by atoms with van der Waals surface area (Å²) in [5.74, 6) is -16.4. The van der Waals surface area contributed by atoms with Gasteiger partial charge in [0.05, 0.1) is 18.1 Å². The number of ether oxygens (including phenoxy) is 11. The summed E-state index contributed by atoms with van der Waals surface area (Å²) < 4.78 is 64.9. The number of carbonyl (C=O) groups is 16. The standard InChI is InChI=1S/C81H110N10O27/c1-16-41(4)64(75(104)90-65(42(5)118-81(13,14)15)76(105)88-63(40(2)3)78(106)91-34-24-31-58(91)72(82)101)89-74(103)57(85-73(102)56(32-33-62(100)110-36-50-25-18-17-19-26-50)86-80(107)111-37-55-53-29-22-20-27-51(53)52-28-21-23-30-54(52)55)35-61(99)87-77-66(83-43(6)92)70(113-48(11)97)69(59(115-77)38-108-45(8)94)117-79-67(84-44(7)93)71(114-49(12)98)68(112-47(10)96)60(116-79)39-109-46(9)95/h17-23,25-30,40-42,55-60,63-71,77,79H,16,24,31-39H2,1-15H3,(H2,82,101)(H,83,92)(H,84,93)(H,85,102)(H,86,107)(H,87,99)(H,88,105)(H,89,103)(H,90,104)/t41-,42+,56-,57-,58-,59+,60+,63-,64-,65-,66+,67+,68+,69+,70+,71+,77+,79-/m0/s1. The van der Waals surface area contributed by atoms with Crippen LogP contribution in [-0.2, 0) is 131 Å². The first-order valence-electron chi connectivity index (χ1n) is 39.0. The van der Waals surface area contributed by atoms with Crippen molar-refractivity contribution in [2.24, 2.45) is 17.6 Å². The molecule has 3 aromatic carbocycles. The summed E-state index contributed by atoms with van der Waals surface area (Å²) >= 11 is 0. The Hall–Kier alpha value is -11.2. The van der Waals surface area contributed by atoms with E-state index in [0.717, 1.165) is 70.7 Å². The van der Waals surface area contributed by atoms with Gasteiger partial charge in [-0.15, -0.1) is 0 Å². The first-order chi connectivity index (χ1) is 55.6. The quantitative estimate of drug-likeness (QED) is 0.0294. The molecular weight excluding hydrogens is 1540 g/mol. The maximum absolute atomic E-state index is 15.6. The predicted octanol–water partition coefficient (Wildman–Crippen LogP) is 2.01. The third kappa shape index (κ3) is 26.9. The van der Waals surface area contributed by atoms with E-state index in [-0.39, 0.29) is 32.6 Å². The molecule has 0 saturated carbocycles. The molecule has 1 aliphatic carbocycles. The molecule has 10 N–H and O–H groups in total. The third-order valence-corrected chi connectivity index (χ3v) is 19.8. The normalized spacial score (nSPS) is 22.5. The van der Waals surface area contributed by atoms with Crippen molar-refractivity contribution >= 4 is 95.1 Å². The number of primary amides is 1. The zero-order valence-electron chi connectivity index (χ0n) is 68.9. The van der Waals surface area contributed by atoms with Gasteiger partial charge in [0.2, 0.25) is 53.2 Å². The fraction of sp³-hybridized carbons (Fsp3) is 0.580. The number of fused-ring (bicyclic) bond motifs is 3. The van der Waals surface area contributed by atoms with E-state index < -0.39 is 254 Å². The molecule has 3 aromatic rings. The number of rotatable bonds is 37. The average molecular weight is 1660 g/mol. The molecule has 10 amide bonds. The van der Waals surface area contributed by atoms with Crippen LogP contribution in [0.15, 0.2) is 78.9 Å². The molecule has 0 radical (unpaired) electrons. The van der Waals surface area contributed by atoms with Crippen LogP contribution in [0.25, 0.3) is 11.1 Å². The van der Waals surface area contributed by atoms with Gasteiger partial charge in [-0.25, -0.2) is 4.79 Å². The second-order valence-electron chi connectivity index (χ2n) is 30.7. The zero-order chi connectivity index (χ0) is 87.2. The van der Waals surface area contributed by atoms with Crippen LogP contribution in [0, 0.1) is 11.8 Å². The highest BCUT2D eigenvalue weighted by Crippen LogP contribution is 2.45. The number of amides is 10. The summed E-state index contributed by atoms with van der Waals surface area (Å²) in [4.78, 5) is 223. The van der Waals surface area contributed by atoms with Gasteiger partial charge in [0.15, 0.2) is 30.8 Å². The van der Waals surface area contributed by atoms with Gasteiger partial charge < -0.3 is 105 Å². The molecule has 18 atom stereocenters. The van der Waals surface area contributed by atoms with E-state index in [1.54, 1.807) is 78.8 Å². The third-order valence-electron chi connectivity index (χ3n) is 19.8. The highest BCUT2D eigenvalue weighted by atomic mass is 16.7. The molecule has 37 nitrogen and oxygen atoms in total. The second-order valence-corrected chi connectivity index (χ2v) is 30.7. The molecule has 0 unspecified atom stereocenters. The van der Waals surface area contributed by atoms with Gasteiger partial charge in [0, 0.05) is 67.3 Å². The molecule has 4 aliphatic rings. The summed E-state index contributed by atoms with van der Waals surface area (Å²) in [7, 11) is 0. The summed E-state index contributed by atoms with van der Waals surface area (Å²) in [6.07, 6.45) is -18.3. The SMILES string of the molecule is CC[C@H](C)[C@H](NC(=O)[C@H](CC(=O)N[C@@H]1O[C@H](COC(C)=O)[C@@H](O[C@@H]2O[C@H](COC(C)=O)[C@@H](OC(C)=O)[C@H](OC(C)=O)[C@H]2NC(C)=O)[C@H](OC(C)=O)[C@H]1NC(C)=O)NC(=O)[C@H](CCC(=O)OCc1ccccc1)NC(=O)OCC1c2ccccc2-c2ccccc21)C(=O)N[C@H](C(=O)N[C@H](C(=O)N1CCC[C@H]1C(N)=O)C(C)C)[C@@H](C)OC(C)(C)C. The molecule has 37 heteroatoms. The second kappa shape index (κ2) is 43.3. The number of benzene rings is 3. The van der Waals surface area contributed by atoms with Crippen LogP contribution in [0.2, 0.25) is 0 Å². The van der Waals surface area contributed by atoms with Crippen LogP contribution in [0.4, 0.5) is 4.79 Å². The van der Waals surface area contributed by atoms with E-state index in [4.69, 9.17) is 57.8 Å². The minimum absolute atomic E-state index is 0.123. The Balaban J connectivity index is 1.29. The Morgan fingerprint density at radius 2 is 1.06 bits per heavy atom. The fourth-order valence-electron chi connectivity index (χ4n) is 14.3. The van der Waals surface area contributed by atoms with Gasteiger partial charge in [-0.1, -0.05) is 113 Å². The Kier molecular flexibility index (Phi) is 34.5. The molecule has 3 heterocycles. The molecule has 3 fully saturated rings. The Bertz CT molecular complexity index is 4070. The number of esters is 6. The topological polar surface area (TPSA) is 500 Å². The highest BCUT2D eigenvalue weighted by molar-refractivity contribution is 5.99. The monoisotopic (exact) mass is 1650 g/mol. The number of nitrogens with two attached hydrogens (primary N) is 1. The van der Waals surface area contributed by atoms with Crippen molar-refractivity contribution in [1.82, 2.24) is 47.4 Å². The van der Waals surface area contributed by atoms with E-state index in [1.165, 1.54) is 11.8 Å². The van der Waals surface area contributed by atoms with E-state index in [0.29, 0.717) is 12.0 Å². The maximum atomic E-state index is 15.6. The lowest BCUT2D eigenvalue weighted by Crippen LogP contribution is -2.72. The van der Waals surface area contributed by atoms with E-state index in [2.05, 4.69) is 42.5 Å². The minimum atomic E-state index is -2.17. The van der Waals surface area contributed by atoms with Crippen LogP contribution < -0.4 is 48.3 Å². The molecule has 0 spiro atoms. The van der Waals surface area contributed by atoms with Crippen molar-refractivity contribution in [1.29, 1.82) is 0 Å². The molecule has 0 bridgehead atoms. The number of hydrogen-bond acceptors (Lipinski definition) is 27. The summed E-state index contributed by atoms with van der Waals surface area (Å²) in [5, 5.41) is 20.8. The minimum Gasteiger partial charge on any atom is -0.463 e. The van der Waals surface area contributed by atoms with Crippen LogP contribution in [-0.4, -0.2) is 236 Å². The lowest BCUT2D eigenvalue weighted by atomic mass is 9.93. The number of nitrogens with zero attached hydrogens (tertiary/aromatic N) is 1. The van der Waals surface area contributed by atoms with E-state index in [1.807, 2.05) is 48.5 Å². The van der Waals surface area contributed by atoms with Crippen molar-refractivity contribution in [3.8, 4) is 11.1 Å². The number of nitrogens with one attached hydrogen (secondary N) is 8. The van der Waals surface area contributed by atoms with Crippen LogP contribution in [0.1, 0.15) is 165 Å². The Morgan fingerprint density at radius 1 is 0.542 bits per heavy atom. The van der Waals surface area contributed by atoms with Gasteiger partial charge in [0.25, 0.3) is 0 Å². The largest absolute Gasteiger partial charge is 0.463 e. The van der Waals surface area contributed by atoms with Crippen LogP contribution in [0.5, 0.6) is 0 Å². The molecule has 3 aliphatic heterocycles. The van der Waals surface area contributed by atoms with E-state index in [9.17, 15) is 57.5 Å². The predicted molar refractivity (Wildman–Crippen MR) is 414 cm³/mol. The molecule has 646 valence electrons. The Labute approximate surface area is 683 Å². The number of likely N-dealkylation sites (tertiary alicyclic amines) is 1. The zero-order valence-corrected chi connectivity index (χ0v) is 68.9. The molecule has 118 heavy (non-hydrogen) atoms. The number of alkyl carbamates (subject to hydrolysis) is 1. The van der Waals surface area contributed by atoms with Crippen molar-refractivity contribution in [2.45, 2.75) is 264 Å². The highest BCUT2D eigenvalue weighted by Gasteiger charge is 2.57. The van der Waals surface area contributed by atoms with Crippen molar-refractivity contribution < 1.29 is 129 Å². The summed E-state index contributed by atoms with van der Waals surface area (Å²) in [5.41, 5.74) is 8.80. The van der Waals surface area contributed by atoms with Gasteiger partial charge in [-0.2, -0.15) is 0 Å².